The van der Waals surface area contributed by atoms with E-state index in [0.29, 0.717) is 12.4 Å². The molecule has 160 valence electrons. The van der Waals surface area contributed by atoms with Crippen molar-refractivity contribution in [3.05, 3.63) is 18.2 Å². The number of guanidine groups is 1. The molecule has 1 aromatic rings. The summed E-state index contributed by atoms with van der Waals surface area (Å²) in [4.78, 5) is 9.25. The molecule has 0 unspecified atom stereocenters. The monoisotopic (exact) mass is 505 g/mol. The molecule has 1 saturated heterocycles. The van der Waals surface area contributed by atoms with Gasteiger partial charge in [-0.05, 0) is 45.5 Å². The molecular weight excluding hydrogens is 469 g/mol. The van der Waals surface area contributed by atoms with Crippen LogP contribution in [-0.4, -0.2) is 82.8 Å². The van der Waals surface area contributed by atoms with E-state index in [9.17, 15) is 0 Å². The van der Waals surface area contributed by atoms with Crippen LogP contribution in [0.5, 0.6) is 11.5 Å². The number of nitrogens with zero attached hydrogens (tertiary/aromatic N) is 3. The number of nitrogens with one attached hydrogen (secondary N) is 2. The molecule has 7 nitrogen and oxygen atoms in total. The SMILES string of the molecule is CCOc1ccc(NC(=NC)NCCCCN2CCN(C)CC2)cc1OC.I. The first-order chi connectivity index (χ1) is 13.2. The molecule has 1 heterocycles. The molecule has 0 amide bonds. The van der Waals surface area contributed by atoms with Gasteiger partial charge in [0, 0.05) is 51.5 Å². The van der Waals surface area contributed by atoms with Crippen molar-refractivity contribution in [1.29, 1.82) is 0 Å². The zero-order chi connectivity index (χ0) is 19.5. The molecule has 0 aromatic heterocycles. The normalized spacial score (nSPS) is 15.6. The number of aliphatic imine (C=N–C) groups is 1. The molecule has 0 radical (unpaired) electrons. The number of rotatable bonds is 9. The van der Waals surface area contributed by atoms with Gasteiger partial charge in [0.25, 0.3) is 0 Å². The third-order valence-electron chi connectivity index (χ3n) is 4.74. The third-order valence-corrected chi connectivity index (χ3v) is 4.74. The van der Waals surface area contributed by atoms with Crippen LogP contribution in [0.3, 0.4) is 0 Å². The van der Waals surface area contributed by atoms with E-state index >= 15 is 0 Å². The number of piperazine rings is 1. The third kappa shape index (κ3) is 8.40. The van der Waals surface area contributed by atoms with Gasteiger partial charge in [0.1, 0.15) is 0 Å². The molecular formula is C20H36IN5O2. The maximum absolute atomic E-state index is 5.56. The predicted molar refractivity (Wildman–Crippen MR) is 128 cm³/mol. The van der Waals surface area contributed by atoms with Crippen molar-refractivity contribution in [2.24, 2.45) is 4.99 Å². The Hall–Kier alpha value is -1.26. The van der Waals surface area contributed by atoms with E-state index in [1.165, 1.54) is 39.1 Å². The highest BCUT2D eigenvalue weighted by Crippen LogP contribution is 2.30. The molecule has 0 bridgehead atoms. The summed E-state index contributed by atoms with van der Waals surface area (Å²) in [5.41, 5.74) is 0.917. The Labute approximate surface area is 186 Å². The molecule has 1 fully saturated rings. The lowest BCUT2D eigenvalue weighted by Crippen LogP contribution is -2.44. The maximum atomic E-state index is 5.56. The van der Waals surface area contributed by atoms with E-state index < -0.39 is 0 Å². The lowest BCUT2D eigenvalue weighted by Gasteiger charge is -2.32. The second kappa shape index (κ2) is 13.8. The zero-order valence-electron chi connectivity index (χ0n) is 17.7. The van der Waals surface area contributed by atoms with Crippen LogP contribution in [-0.2, 0) is 0 Å². The number of likely N-dealkylation sites (N-methyl/N-ethyl adjacent to an activating group) is 1. The molecule has 0 aliphatic carbocycles. The van der Waals surface area contributed by atoms with Crippen molar-refractivity contribution >= 4 is 35.6 Å². The van der Waals surface area contributed by atoms with Gasteiger partial charge in [-0.1, -0.05) is 0 Å². The van der Waals surface area contributed by atoms with Crippen molar-refractivity contribution in [1.82, 2.24) is 15.1 Å². The van der Waals surface area contributed by atoms with Gasteiger partial charge in [0.15, 0.2) is 17.5 Å². The Morgan fingerprint density at radius 3 is 2.54 bits per heavy atom. The molecule has 1 aliphatic rings. The fourth-order valence-corrected chi connectivity index (χ4v) is 3.07. The summed E-state index contributed by atoms with van der Waals surface area (Å²) in [5, 5.41) is 6.69. The van der Waals surface area contributed by atoms with E-state index in [-0.39, 0.29) is 24.0 Å². The van der Waals surface area contributed by atoms with Crippen molar-refractivity contribution in [3.63, 3.8) is 0 Å². The average molecular weight is 505 g/mol. The van der Waals surface area contributed by atoms with Crippen molar-refractivity contribution in [2.45, 2.75) is 19.8 Å². The zero-order valence-corrected chi connectivity index (χ0v) is 20.0. The quantitative estimate of drug-likeness (QED) is 0.233. The molecule has 1 aliphatic heterocycles. The Bertz CT molecular complexity index is 592. The Morgan fingerprint density at radius 2 is 1.89 bits per heavy atom. The van der Waals surface area contributed by atoms with Crippen LogP contribution < -0.4 is 20.1 Å². The Morgan fingerprint density at radius 1 is 1.14 bits per heavy atom. The second-order valence-corrected chi connectivity index (χ2v) is 6.77. The van der Waals surface area contributed by atoms with Gasteiger partial charge in [0.05, 0.1) is 13.7 Å². The number of hydrogen-bond donors (Lipinski definition) is 2. The van der Waals surface area contributed by atoms with Crippen LogP contribution >= 0.6 is 24.0 Å². The first kappa shape index (κ1) is 24.8. The molecule has 0 atom stereocenters. The summed E-state index contributed by atoms with van der Waals surface area (Å²) < 4.78 is 11.0. The van der Waals surface area contributed by atoms with Gasteiger partial charge in [-0.2, -0.15) is 0 Å². The number of anilines is 1. The minimum absolute atomic E-state index is 0. The summed E-state index contributed by atoms with van der Waals surface area (Å²) in [5.74, 6) is 2.22. The number of hydrogen-bond acceptors (Lipinski definition) is 5. The van der Waals surface area contributed by atoms with E-state index in [4.69, 9.17) is 9.47 Å². The lowest BCUT2D eigenvalue weighted by atomic mass is 10.2. The van der Waals surface area contributed by atoms with Gasteiger partial charge in [-0.3, -0.25) is 4.99 Å². The van der Waals surface area contributed by atoms with E-state index in [2.05, 4.69) is 32.5 Å². The average Bonchev–Trinajstić information content (AvgIpc) is 2.69. The van der Waals surface area contributed by atoms with Crippen LogP contribution in [0.1, 0.15) is 19.8 Å². The van der Waals surface area contributed by atoms with Crippen LogP contribution in [0.4, 0.5) is 5.69 Å². The van der Waals surface area contributed by atoms with Crippen molar-refractivity contribution in [3.8, 4) is 11.5 Å². The topological polar surface area (TPSA) is 61.4 Å². The predicted octanol–water partition coefficient (Wildman–Crippen LogP) is 2.73. The van der Waals surface area contributed by atoms with Crippen LogP contribution in [0.2, 0.25) is 0 Å². The van der Waals surface area contributed by atoms with Crippen LogP contribution in [0.15, 0.2) is 23.2 Å². The van der Waals surface area contributed by atoms with E-state index in [0.717, 1.165) is 30.4 Å². The van der Waals surface area contributed by atoms with Gasteiger partial charge >= 0.3 is 0 Å². The summed E-state index contributed by atoms with van der Waals surface area (Å²) in [6.45, 7) is 9.39. The van der Waals surface area contributed by atoms with Crippen molar-refractivity contribution < 1.29 is 9.47 Å². The molecule has 8 heteroatoms. The molecule has 0 saturated carbocycles. The maximum Gasteiger partial charge on any atom is 0.195 e. The number of methoxy groups -OCH3 is 1. The van der Waals surface area contributed by atoms with Crippen LogP contribution in [0.25, 0.3) is 0 Å². The summed E-state index contributed by atoms with van der Waals surface area (Å²) in [6.07, 6.45) is 2.32. The van der Waals surface area contributed by atoms with Crippen molar-refractivity contribution in [2.75, 3.05) is 72.4 Å². The number of halogens is 1. The number of unbranched alkanes of at least 4 members (excludes halogenated alkanes) is 1. The smallest absolute Gasteiger partial charge is 0.195 e. The van der Waals surface area contributed by atoms with Gasteiger partial charge in [0.2, 0.25) is 0 Å². The lowest BCUT2D eigenvalue weighted by molar-refractivity contribution is 0.152. The van der Waals surface area contributed by atoms with Gasteiger partial charge < -0.3 is 29.9 Å². The summed E-state index contributed by atoms with van der Waals surface area (Å²) >= 11 is 0. The Balaban J connectivity index is 0.00000392. The number of benzene rings is 1. The van der Waals surface area contributed by atoms with E-state index in [1.807, 2.05) is 25.1 Å². The Kier molecular flexibility index (Phi) is 12.2. The fourth-order valence-electron chi connectivity index (χ4n) is 3.07. The second-order valence-electron chi connectivity index (χ2n) is 6.77. The molecule has 28 heavy (non-hydrogen) atoms. The van der Waals surface area contributed by atoms with E-state index in [1.54, 1.807) is 14.2 Å². The highest BCUT2D eigenvalue weighted by atomic mass is 127. The summed E-state index contributed by atoms with van der Waals surface area (Å²) in [6, 6.07) is 5.80. The fraction of sp³-hybridized carbons (Fsp3) is 0.650. The van der Waals surface area contributed by atoms with Crippen LogP contribution in [0, 0.1) is 0 Å². The standard InChI is InChI=1S/C20H35N5O2.HI/c1-5-27-18-9-8-17(16-19(18)26-4)23-20(21-2)22-10-6-7-11-25-14-12-24(3)13-15-25;/h8-9,16H,5-7,10-15H2,1-4H3,(H2,21,22,23);1H. The minimum Gasteiger partial charge on any atom is -0.493 e. The highest BCUT2D eigenvalue weighted by molar-refractivity contribution is 14.0. The minimum atomic E-state index is 0. The van der Waals surface area contributed by atoms with Gasteiger partial charge in [-0.25, -0.2) is 0 Å². The molecule has 2 rings (SSSR count). The highest BCUT2D eigenvalue weighted by Gasteiger charge is 2.12. The molecule has 0 spiro atoms. The summed E-state index contributed by atoms with van der Waals surface area (Å²) in [7, 11) is 5.63. The molecule has 2 N–H and O–H groups in total. The first-order valence-electron chi connectivity index (χ1n) is 9.85. The largest absolute Gasteiger partial charge is 0.493 e. The molecule has 1 aromatic carbocycles. The van der Waals surface area contributed by atoms with Gasteiger partial charge in [-0.15, -0.1) is 24.0 Å². The first-order valence-corrected chi connectivity index (χ1v) is 9.85. The number of ether oxygens (including phenoxy) is 2.